The molecule has 0 unspecified atom stereocenters. The summed E-state index contributed by atoms with van der Waals surface area (Å²) in [5, 5.41) is 1.12. The van der Waals surface area contributed by atoms with Crippen molar-refractivity contribution in [3.8, 4) is 0 Å². The van der Waals surface area contributed by atoms with Gasteiger partial charge >= 0.3 is 0 Å². The second-order valence-corrected chi connectivity index (χ2v) is 4.18. The van der Waals surface area contributed by atoms with Crippen molar-refractivity contribution in [2.75, 3.05) is 6.61 Å². The molecule has 0 bridgehead atoms. The summed E-state index contributed by atoms with van der Waals surface area (Å²) >= 11 is 0. The summed E-state index contributed by atoms with van der Waals surface area (Å²) in [5.74, 6) is -0.199. The average Bonchev–Trinajstić information content (AvgIpc) is 2.67. The topological polar surface area (TPSA) is 14.2 Å². The Morgan fingerprint density at radius 2 is 2.12 bits per heavy atom. The number of fused-ring (bicyclic) bond motifs is 1. The summed E-state index contributed by atoms with van der Waals surface area (Å²) in [6, 6.07) is 4.93. The highest BCUT2D eigenvalue weighted by Gasteiger charge is 2.07. The first-order chi connectivity index (χ1) is 8.26. The van der Waals surface area contributed by atoms with Gasteiger partial charge in [-0.25, -0.2) is 4.39 Å². The number of aromatic nitrogens is 1. The highest BCUT2D eigenvalue weighted by molar-refractivity contribution is 5.84. The summed E-state index contributed by atoms with van der Waals surface area (Å²) in [5.41, 5.74) is 2.15. The number of benzene rings is 1. The molecule has 0 atom stereocenters. The third-order valence-corrected chi connectivity index (χ3v) is 2.89. The SMILES string of the molecule is CCCOCn1cc(CC)c2ccc(F)cc21. The molecule has 2 rings (SSSR count). The van der Waals surface area contributed by atoms with Crippen molar-refractivity contribution in [1.29, 1.82) is 0 Å². The van der Waals surface area contributed by atoms with E-state index >= 15 is 0 Å². The van der Waals surface area contributed by atoms with Crippen molar-refractivity contribution >= 4 is 10.9 Å². The molecule has 3 heteroatoms. The van der Waals surface area contributed by atoms with Gasteiger partial charge in [-0.05, 0) is 36.6 Å². The van der Waals surface area contributed by atoms with E-state index in [4.69, 9.17) is 4.74 Å². The van der Waals surface area contributed by atoms with Crippen LogP contribution in [0, 0.1) is 5.82 Å². The highest BCUT2D eigenvalue weighted by atomic mass is 19.1. The van der Waals surface area contributed by atoms with Gasteiger partial charge in [-0.3, -0.25) is 0 Å². The first-order valence-corrected chi connectivity index (χ1v) is 6.11. The predicted octanol–water partition coefficient (Wildman–Crippen LogP) is 3.73. The number of nitrogens with zero attached hydrogens (tertiary/aromatic N) is 1. The lowest BCUT2D eigenvalue weighted by Crippen LogP contribution is -2.01. The third kappa shape index (κ3) is 2.50. The molecule has 2 aromatic rings. The maximum Gasteiger partial charge on any atom is 0.125 e. The maximum absolute atomic E-state index is 13.3. The number of rotatable bonds is 5. The molecular weight excluding hydrogens is 217 g/mol. The van der Waals surface area contributed by atoms with Crippen LogP contribution in [0.25, 0.3) is 10.9 Å². The molecule has 0 N–H and O–H groups in total. The Kier molecular flexibility index (Phi) is 3.79. The molecule has 0 saturated carbocycles. The second kappa shape index (κ2) is 5.32. The number of aryl methyl sites for hydroxylation is 1. The van der Waals surface area contributed by atoms with Crippen LogP contribution in [0.15, 0.2) is 24.4 Å². The first kappa shape index (κ1) is 12.1. The fourth-order valence-electron chi connectivity index (χ4n) is 2.04. The van der Waals surface area contributed by atoms with Crippen LogP contribution in [-0.2, 0) is 17.9 Å². The van der Waals surface area contributed by atoms with Crippen LogP contribution in [0.2, 0.25) is 0 Å². The standard InChI is InChI=1S/C14H18FNO/c1-3-7-17-10-16-9-11(4-2)13-6-5-12(15)8-14(13)16/h5-6,8-9H,3-4,7,10H2,1-2H3. The van der Waals surface area contributed by atoms with Gasteiger partial charge in [0.05, 0.1) is 5.52 Å². The van der Waals surface area contributed by atoms with Gasteiger partial charge in [0.2, 0.25) is 0 Å². The van der Waals surface area contributed by atoms with Crippen molar-refractivity contribution in [2.24, 2.45) is 0 Å². The van der Waals surface area contributed by atoms with Crippen LogP contribution in [0.3, 0.4) is 0 Å². The van der Waals surface area contributed by atoms with E-state index < -0.39 is 0 Å². The normalized spacial score (nSPS) is 11.2. The Labute approximate surface area is 101 Å². The van der Waals surface area contributed by atoms with Crippen LogP contribution >= 0.6 is 0 Å². The Bertz CT molecular complexity index is 504. The molecule has 0 aliphatic rings. The minimum Gasteiger partial charge on any atom is -0.361 e. The van der Waals surface area contributed by atoms with E-state index in [2.05, 4.69) is 20.0 Å². The predicted molar refractivity (Wildman–Crippen MR) is 67.5 cm³/mol. The number of ether oxygens (including phenoxy) is 1. The van der Waals surface area contributed by atoms with Gasteiger partial charge in [-0.15, -0.1) is 0 Å². The molecule has 0 radical (unpaired) electrons. The van der Waals surface area contributed by atoms with Crippen LogP contribution in [-0.4, -0.2) is 11.2 Å². The first-order valence-electron chi connectivity index (χ1n) is 6.11. The molecule has 0 amide bonds. The summed E-state index contributed by atoms with van der Waals surface area (Å²) in [6.45, 7) is 5.41. The van der Waals surface area contributed by atoms with Crippen LogP contribution < -0.4 is 0 Å². The lowest BCUT2D eigenvalue weighted by Gasteiger charge is -2.05. The van der Waals surface area contributed by atoms with Crippen molar-refractivity contribution in [3.63, 3.8) is 0 Å². The molecular formula is C14H18FNO. The van der Waals surface area contributed by atoms with Gasteiger partial charge in [0, 0.05) is 18.2 Å². The zero-order chi connectivity index (χ0) is 12.3. The van der Waals surface area contributed by atoms with Crippen LogP contribution in [0.1, 0.15) is 25.8 Å². The highest BCUT2D eigenvalue weighted by Crippen LogP contribution is 2.23. The van der Waals surface area contributed by atoms with Gasteiger partial charge in [0.1, 0.15) is 12.5 Å². The summed E-state index contributed by atoms with van der Waals surface area (Å²) in [4.78, 5) is 0. The molecule has 17 heavy (non-hydrogen) atoms. The smallest absolute Gasteiger partial charge is 0.125 e. The molecule has 2 nitrogen and oxygen atoms in total. The Balaban J connectivity index is 2.36. The van der Waals surface area contributed by atoms with Crippen molar-refractivity contribution in [1.82, 2.24) is 4.57 Å². The van der Waals surface area contributed by atoms with E-state index in [0.717, 1.165) is 30.4 Å². The second-order valence-electron chi connectivity index (χ2n) is 4.18. The van der Waals surface area contributed by atoms with Crippen LogP contribution in [0.4, 0.5) is 4.39 Å². The van der Waals surface area contributed by atoms with E-state index in [-0.39, 0.29) is 5.82 Å². The molecule has 0 saturated heterocycles. The van der Waals surface area contributed by atoms with Gasteiger partial charge < -0.3 is 9.30 Å². The maximum atomic E-state index is 13.3. The van der Waals surface area contributed by atoms with E-state index in [1.807, 2.05) is 10.6 Å². The van der Waals surface area contributed by atoms with Crippen molar-refractivity contribution in [2.45, 2.75) is 33.4 Å². The van der Waals surface area contributed by atoms with E-state index in [1.54, 1.807) is 6.07 Å². The molecule has 92 valence electrons. The quantitative estimate of drug-likeness (QED) is 0.720. The fraction of sp³-hybridized carbons (Fsp3) is 0.429. The zero-order valence-electron chi connectivity index (χ0n) is 10.4. The zero-order valence-corrected chi connectivity index (χ0v) is 10.4. The summed E-state index contributed by atoms with van der Waals surface area (Å²) in [7, 11) is 0. The van der Waals surface area contributed by atoms with Crippen molar-refractivity contribution < 1.29 is 9.13 Å². The van der Waals surface area contributed by atoms with Crippen molar-refractivity contribution in [3.05, 3.63) is 35.8 Å². The van der Waals surface area contributed by atoms with E-state index in [1.165, 1.54) is 11.6 Å². The lowest BCUT2D eigenvalue weighted by atomic mass is 10.1. The average molecular weight is 235 g/mol. The number of hydrogen-bond donors (Lipinski definition) is 0. The molecule has 1 heterocycles. The Morgan fingerprint density at radius 1 is 1.29 bits per heavy atom. The number of hydrogen-bond acceptors (Lipinski definition) is 1. The van der Waals surface area contributed by atoms with Gasteiger partial charge in [-0.2, -0.15) is 0 Å². The van der Waals surface area contributed by atoms with Gasteiger partial charge in [0.25, 0.3) is 0 Å². The fourth-order valence-corrected chi connectivity index (χ4v) is 2.04. The Hall–Kier alpha value is -1.35. The van der Waals surface area contributed by atoms with E-state index in [0.29, 0.717) is 6.73 Å². The molecule has 0 aliphatic heterocycles. The van der Waals surface area contributed by atoms with Gasteiger partial charge in [-0.1, -0.05) is 13.8 Å². The third-order valence-electron chi connectivity index (χ3n) is 2.89. The minimum atomic E-state index is -0.199. The Morgan fingerprint density at radius 3 is 2.82 bits per heavy atom. The van der Waals surface area contributed by atoms with Gasteiger partial charge in [0.15, 0.2) is 0 Å². The largest absolute Gasteiger partial charge is 0.361 e. The van der Waals surface area contributed by atoms with Crippen LogP contribution in [0.5, 0.6) is 0 Å². The molecule has 0 spiro atoms. The molecule has 1 aromatic heterocycles. The molecule has 0 aliphatic carbocycles. The summed E-state index contributed by atoms with van der Waals surface area (Å²) in [6.07, 6.45) is 4.00. The molecule has 0 fully saturated rings. The lowest BCUT2D eigenvalue weighted by molar-refractivity contribution is 0.0803. The minimum absolute atomic E-state index is 0.199. The van der Waals surface area contributed by atoms with E-state index in [9.17, 15) is 4.39 Å². The summed E-state index contributed by atoms with van der Waals surface area (Å²) < 4.78 is 20.8. The molecule has 1 aromatic carbocycles. The monoisotopic (exact) mass is 235 g/mol. The number of halogens is 1.